The van der Waals surface area contributed by atoms with Crippen molar-refractivity contribution in [2.24, 2.45) is 11.3 Å². The largest absolute Gasteiger partial charge is 0.481 e. The van der Waals surface area contributed by atoms with Gasteiger partial charge in [-0.15, -0.1) is 0 Å². The zero-order valence-electron chi connectivity index (χ0n) is 11.5. The van der Waals surface area contributed by atoms with Gasteiger partial charge in [-0.05, 0) is 49.9 Å². The van der Waals surface area contributed by atoms with Crippen LogP contribution in [0.1, 0.15) is 44.9 Å². The van der Waals surface area contributed by atoms with E-state index in [2.05, 4.69) is 0 Å². The molecule has 2 bridgehead atoms. The van der Waals surface area contributed by atoms with Crippen LogP contribution in [0.3, 0.4) is 0 Å². The van der Waals surface area contributed by atoms with Gasteiger partial charge < -0.3 is 5.11 Å². The molecule has 3 aliphatic carbocycles. The maximum absolute atomic E-state index is 12.3. The number of carbonyl (C=O) groups is 1. The van der Waals surface area contributed by atoms with Crippen molar-refractivity contribution in [3.8, 4) is 0 Å². The quantitative estimate of drug-likeness (QED) is 0.807. The Morgan fingerprint density at radius 2 is 1.79 bits per heavy atom. The van der Waals surface area contributed by atoms with Crippen molar-refractivity contribution in [3.05, 3.63) is 0 Å². The molecule has 3 saturated carbocycles. The maximum Gasteiger partial charge on any atom is 0.304 e. The number of fused-ring (bicyclic) bond motifs is 3. The molecule has 0 aromatic heterocycles. The number of hydrogen-bond acceptors (Lipinski definition) is 3. The number of sulfonamides is 1. The first-order chi connectivity index (χ1) is 8.83. The molecule has 0 unspecified atom stereocenters. The number of hydrogen-bond donors (Lipinski definition) is 1. The first-order valence-corrected chi connectivity index (χ1v) is 8.60. The number of carboxylic acid groups (broad SMARTS) is 1. The lowest BCUT2D eigenvalue weighted by Crippen LogP contribution is -2.43. The normalized spacial score (nSPS) is 30.7. The molecule has 1 N–H and O–H groups in total. The summed E-state index contributed by atoms with van der Waals surface area (Å²) in [6.07, 6.45) is 6.40. The predicted octanol–water partition coefficient (Wildman–Crippen LogP) is 1.69. The lowest BCUT2D eigenvalue weighted by molar-refractivity contribution is -0.137. The molecule has 0 radical (unpaired) electrons. The molecular weight excluding hydrogens is 266 g/mol. The summed E-state index contributed by atoms with van der Waals surface area (Å²) in [6, 6.07) is 0. The summed E-state index contributed by atoms with van der Waals surface area (Å²) in [6.45, 7) is 0.0658. The van der Waals surface area contributed by atoms with Crippen LogP contribution >= 0.6 is 0 Å². The second-order valence-corrected chi connectivity index (χ2v) is 8.28. The molecule has 0 aromatic carbocycles. The third-order valence-electron chi connectivity index (χ3n) is 4.85. The molecule has 5 nitrogen and oxygen atoms in total. The second-order valence-electron chi connectivity index (χ2n) is 6.20. The van der Waals surface area contributed by atoms with E-state index in [0.717, 1.165) is 44.4 Å². The molecule has 0 saturated heterocycles. The highest BCUT2D eigenvalue weighted by Crippen LogP contribution is 2.50. The lowest BCUT2D eigenvalue weighted by Gasteiger charge is -2.46. The average molecular weight is 289 g/mol. The van der Waals surface area contributed by atoms with Gasteiger partial charge in [0.1, 0.15) is 0 Å². The van der Waals surface area contributed by atoms with Gasteiger partial charge in [0, 0.05) is 13.6 Å². The summed E-state index contributed by atoms with van der Waals surface area (Å²) in [5.41, 5.74) is -0.0366. The second kappa shape index (κ2) is 5.40. The van der Waals surface area contributed by atoms with E-state index >= 15 is 0 Å². The third-order valence-corrected chi connectivity index (χ3v) is 6.96. The first-order valence-electron chi connectivity index (χ1n) is 6.99. The molecule has 6 heteroatoms. The van der Waals surface area contributed by atoms with Gasteiger partial charge in [-0.1, -0.05) is 0 Å². The number of rotatable bonds is 6. The van der Waals surface area contributed by atoms with E-state index in [0.29, 0.717) is 0 Å². The van der Waals surface area contributed by atoms with Crippen LogP contribution in [0.25, 0.3) is 0 Å². The molecule has 0 amide bonds. The standard InChI is InChI=1S/C13H23NO4S/c1-14(9-5-12(15)16)19(17,18)10-13-6-2-11(3-7-13)4-8-13/h11H,2-10H2,1H3,(H,15,16). The Kier molecular flexibility index (Phi) is 4.20. The Labute approximate surface area is 115 Å². The molecule has 0 atom stereocenters. The van der Waals surface area contributed by atoms with Crippen LogP contribution in [0.4, 0.5) is 0 Å². The molecule has 3 rings (SSSR count). The van der Waals surface area contributed by atoms with E-state index in [1.54, 1.807) is 0 Å². The maximum atomic E-state index is 12.3. The van der Waals surface area contributed by atoms with E-state index in [9.17, 15) is 13.2 Å². The Morgan fingerprint density at radius 1 is 1.26 bits per heavy atom. The number of nitrogens with zero attached hydrogens (tertiary/aromatic N) is 1. The molecule has 3 fully saturated rings. The summed E-state index contributed by atoms with van der Waals surface area (Å²) in [5, 5.41) is 8.63. The summed E-state index contributed by atoms with van der Waals surface area (Å²) >= 11 is 0. The zero-order chi connectivity index (χ0) is 14.1. The van der Waals surface area contributed by atoms with Crippen LogP contribution in [0.5, 0.6) is 0 Å². The fourth-order valence-corrected chi connectivity index (χ4v) is 5.24. The first kappa shape index (κ1) is 14.8. The molecule has 3 aliphatic rings. The molecular formula is C13H23NO4S. The topological polar surface area (TPSA) is 74.7 Å². The van der Waals surface area contributed by atoms with E-state index in [4.69, 9.17) is 5.11 Å². The fourth-order valence-electron chi connectivity index (χ4n) is 3.44. The average Bonchev–Trinajstić information content (AvgIpc) is 2.36. The van der Waals surface area contributed by atoms with Crippen molar-refractivity contribution in [1.29, 1.82) is 0 Å². The van der Waals surface area contributed by atoms with E-state index in [1.165, 1.54) is 11.4 Å². The summed E-state index contributed by atoms with van der Waals surface area (Å²) in [5.74, 6) is 0.0516. The van der Waals surface area contributed by atoms with Crippen LogP contribution in [0.15, 0.2) is 0 Å². The van der Waals surface area contributed by atoms with Crippen LogP contribution in [0, 0.1) is 11.3 Å². The zero-order valence-corrected chi connectivity index (χ0v) is 12.3. The van der Waals surface area contributed by atoms with Gasteiger partial charge in [0.05, 0.1) is 12.2 Å². The van der Waals surface area contributed by atoms with Gasteiger partial charge in [-0.3, -0.25) is 4.79 Å². The van der Waals surface area contributed by atoms with Crippen molar-refractivity contribution >= 4 is 16.0 Å². The molecule has 19 heavy (non-hydrogen) atoms. The molecule has 110 valence electrons. The Bertz CT molecular complexity index is 424. The molecule has 0 heterocycles. The highest BCUT2D eigenvalue weighted by molar-refractivity contribution is 7.89. The Balaban J connectivity index is 1.98. The minimum Gasteiger partial charge on any atom is -0.481 e. The van der Waals surface area contributed by atoms with Crippen LogP contribution in [-0.4, -0.2) is 43.1 Å². The van der Waals surface area contributed by atoms with Gasteiger partial charge in [-0.2, -0.15) is 0 Å². The number of carboxylic acids is 1. The Hall–Kier alpha value is -0.620. The summed E-state index contributed by atoms with van der Waals surface area (Å²) < 4.78 is 25.9. The van der Waals surface area contributed by atoms with Gasteiger partial charge in [0.25, 0.3) is 0 Å². The smallest absolute Gasteiger partial charge is 0.304 e. The van der Waals surface area contributed by atoms with Gasteiger partial charge >= 0.3 is 5.97 Å². The van der Waals surface area contributed by atoms with Gasteiger partial charge in [0.15, 0.2) is 0 Å². The van der Waals surface area contributed by atoms with Crippen molar-refractivity contribution in [2.45, 2.75) is 44.9 Å². The van der Waals surface area contributed by atoms with E-state index in [-0.39, 0.29) is 24.1 Å². The third kappa shape index (κ3) is 3.48. The minimum absolute atomic E-state index is 0.0366. The summed E-state index contributed by atoms with van der Waals surface area (Å²) in [4.78, 5) is 10.5. The molecule has 0 aliphatic heterocycles. The monoisotopic (exact) mass is 289 g/mol. The van der Waals surface area contributed by atoms with E-state index < -0.39 is 16.0 Å². The minimum atomic E-state index is -3.33. The molecule has 0 aromatic rings. The summed E-state index contributed by atoms with van der Waals surface area (Å²) in [7, 11) is -1.84. The fraction of sp³-hybridized carbons (Fsp3) is 0.923. The lowest BCUT2D eigenvalue weighted by atomic mass is 9.62. The van der Waals surface area contributed by atoms with Gasteiger partial charge in [0.2, 0.25) is 10.0 Å². The van der Waals surface area contributed by atoms with Crippen molar-refractivity contribution < 1.29 is 18.3 Å². The van der Waals surface area contributed by atoms with Gasteiger partial charge in [-0.25, -0.2) is 12.7 Å². The van der Waals surface area contributed by atoms with Crippen molar-refractivity contribution in [1.82, 2.24) is 4.31 Å². The van der Waals surface area contributed by atoms with Crippen LogP contribution in [-0.2, 0) is 14.8 Å². The highest BCUT2D eigenvalue weighted by Gasteiger charge is 2.43. The molecule has 0 spiro atoms. The Morgan fingerprint density at radius 3 is 2.26 bits per heavy atom. The number of aliphatic carboxylic acids is 1. The van der Waals surface area contributed by atoms with E-state index in [1.807, 2.05) is 0 Å². The van der Waals surface area contributed by atoms with Crippen molar-refractivity contribution in [3.63, 3.8) is 0 Å². The predicted molar refractivity (Wildman–Crippen MR) is 72.3 cm³/mol. The SMILES string of the molecule is CN(CCC(=O)O)S(=O)(=O)CC12CCC(CC1)CC2. The van der Waals surface area contributed by atoms with Crippen LogP contribution in [0.2, 0.25) is 0 Å². The van der Waals surface area contributed by atoms with Crippen LogP contribution < -0.4 is 0 Å². The van der Waals surface area contributed by atoms with Crippen molar-refractivity contribution in [2.75, 3.05) is 19.3 Å². The highest BCUT2D eigenvalue weighted by atomic mass is 32.2.